The van der Waals surface area contributed by atoms with Gasteiger partial charge in [0, 0.05) is 26.2 Å². The van der Waals surface area contributed by atoms with E-state index in [1.54, 1.807) is 11.8 Å². The zero-order valence-corrected chi connectivity index (χ0v) is 14.3. The van der Waals surface area contributed by atoms with E-state index in [-0.39, 0.29) is 38.0 Å². The third kappa shape index (κ3) is 3.67. The van der Waals surface area contributed by atoms with Crippen molar-refractivity contribution in [1.82, 2.24) is 24.6 Å². The van der Waals surface area contributed by atoms with Gasteiger partial charge in [-0.25, -0.2) is 0 Å². The van der Waals surface area contributed by atoms with Crippen LogP contribution >= 0.6 is 0 Å². The lowest BCUT2D eigenvalue weighted by Crippen LogP contribution is -2.44. The Bertz CT molecular complexity index is 685. The first-order valence-corrected chi connectivity index (χ1v) is 8.44. The number of rotatable bonds is 4. The van der Waals surface area contributed by atoms with E-state index in [0.29, 0.717) is 13.1 Å². The van der Waals surface area contributed by atoms with Gasteiger partial charge in [0.25, 0.3) is 0 Å². The van der Waals surface area contributed by atoms with Gasteiger partial charge in [-0.05, 0) is 19.8 Å². The van der Waals surface area contributed by atoms with Crippen molar-refractivity contribution in [3.63, 3.8) is 0 Å². The van der Waals surface area contributed by atoms with E-state index in [2.05, 4.69) is 10.2 Å². The van der Waals surface area contributed by atoms with E-state index in [1.165, 1.54) is 4.90 Å². The summed E-state index contributed by atoms with van der Waals surface area (Å²) in [6.45, 7) is 2.57. The fourth-order valence-electron chi connectivity index (χ4n) is 3.30. The van der Waals surface area contributed by atoms with E-state index in [0.717, 1.165) is 17.4 Å². The lowest BCUT2D eigenvalue weighted by atomic mass is 10.2. The summed E-state index contributed by atoms with van der Waals surface area (Å²) in [5.41, 5.74) is 0. The summed E-state index contributed by atoms with van der Waals surface area (Å²) >= 11 is 0. The molecule has 1 fully saturated rings. The van der Waals surface area contributed by atoms with E-state index < -0.39 is 23.9 Å². The molecule has 1 unspecified atom stereocenters. The molecule has 8 nitrogen and oxygen atoms in total. The van der Waals surface area contributed by atoms with Crippen molar-refractivity contribution in [3.8, 4) is 0 Å². The van der Waals surface area contributed by atoms with E-state index in [1.807, 2.05) is 0 Å². The number of fused-ring (bicyclic) bond motifs is 1. The molecule has 26 heavy (non-hydrogen) atoms. The topological polar surface area (TPSA) is 80.6 Å². The second-order valence-electron chi connectivity index (χ2n) is 6.38. The Morgan fingerprint density at radius 3 is 2.38 bits per heavy atom. The Balaban J connectivity index is 1.56. The summed E-state index contributed by atoms with van der Waals surface area (Å²) in [4.78, 5) is 27.3. The number of carbonyl (C=O) groups excluding carboxylic acids is 2. The van der Waals surface area contributed by atoms with Gasteiger partial charge in [-0.2, -0.15) is 13.2 Å². The lowest BCUT2D eigenvalue weighted by molar-refractivity contribution is -0.148. The van der Waals surface area contributed by atoms with Gasteiger partial charge >= 0.3 is 6.18 Å². The molecule has 0 saturated carbocycles. The minimum atomic E-state index is -4.59. The fourth-order valence-corrected chi connectivity index (χ4v) is 3.30. The van der Waals surface area contributed by atoms with Crippen molar-refractivity contribution in [1.29, 1.82) is 0 Å². The third-order valence-corrected chi connectivity index (χ3v) is 4.67. The molecule has 2 aliphatic rings. The highest BCUT2D eigenvalue weighted by Crippen LogP contribution is 2.32. The molecule has 1 aromatic heterocycles. The molecule has 144 valence electrons. The number of hydrogen-bond acceptors (Lipinski definition) is 5. The molecule has 1 aromatic rings. The van der Waals surface area contributed by atoms with Crippen LogP contribution in [-0.4, -0.2) is 69.2 Å². The predicted molar refractivity (Wildman–Crippen MR) is 81.8 cm³/mol. The Kier molecular flexibility index (Phi) is 5.17. The van der Waals surface area contributed by atoms with Crippen LogP contribution in [0, 0.1) is 0 Å². The Morgan fingerprint density at radius 2 is 1.73 bits per heavy atom. The quantitative estimate of drug-likeness (QED) is 0.779. The second kappa shape index (κ2) is 7.22. The van der Waals surface area contributed by atoms with Gasteiger partial charge in [-0.15, -0.1) is 10.2 Å². The number of hydrogen-bond donors (Lipinski definition) is 0. The summed E-state index contributed by atoms with van der Waals surface area (Å²) in [5.74, 6) is -1.52. The number of nitrogens with zero attached hydrogens (tertiary/aromatic N) is 5. The number of carbonyl (C=O) groups is 2. The molecule has 2 amide bonds. The van der Waals surface area contributed by atoms with Crippen LogP contribution < -0.4 is 0 Å². The maximum Gasteiger partial charge on any atom is 0.451 e. The summed E-state index contributed by atoms with van der Waals surface area (Å²) < 4.78 is 44.9. The molecule has 1 saturated heterocycles. The van der Waals surface area contributed by atoms with Gasteiger partial charge in [0.1, 0.15) is 13.2 Å². The van der Waals surface area contributed by atoms with Crippen LogP contribution in [0.5, 0.6) is 0 Å². The normalized spacial score (nSPS) is 20.4. The number of ether oxygens (including phenoxy) is 1. The Morgan fingerprint density at radius 1 is 1.08 bits per heavy atom. The number of halogens is 3. The van der Waals surface area contributed by atoms with Gasteiger partial charge in [0.15, 0.2) is 5.82 Å². The summed E-state index contributed by atoms with van der Waals surface area (Å²) in [7, 11) is 0. The fraction of sp³-hybridized carbons (Fsp3) is 0.733. The molecule has 2 aliphatic heterocycles. The molecular weight excluding hydrogens is 355 g/mol. The molecule has 0 bridgehead atoms. The maximum absolute atomic E-state index is 12.9. The smallest absolute Gasteiger partial charge is 0.362 e. The first-order valence-electron chi connectivity index (χ1n) is 8.44. The molecule has 11 heteroatoms. The van der Waals surface area contributed by atoms with Crippen LogP contribution in [0.2, 0.25) is 0 Å². The summed E-state index contributed by atoms with van der Waals surface area (Å²) in [6, 6.07) is -0.655. The van der Waals surface area contributed by atoms with Crippen LogP contribution in [0.3, 0.4) is 0 Å². The first kappa shape index (κ1) is 18.6. The molecule has 3 rings (SSSR count). The van der Waals surface area contributed by atoms with Crippen molar-refractivity contribution in [2.75, 3.05) is 32.8 Å². The third-order valence-electron chi connectivity index (χ3n) is 4.67. The summed E-state index contributed by atoms with van der Waals surface area (Å²) in [5, 5.41) is 6.81. The Labute approximate surface area is 147 Å². The van der Waals surface area contributed by atoms with Gasteiger partial charge in [0.05, 0.1) is 6.04 Å². The van der Waals surface area contributed by atoms with Crippen LogP contribution in [0.25, 0.3) is 0 Å². The van der Waals surface area contributed by atoms with E-state index in [4.69, 9.17) is 4.74 Å². The van der Waals surface area contributed by atoms with Crippen LogP contribution in [0.4, 0.5) is 13.2 Å². The SMILES string of the molecule is CC1c2nnc(C(F)(F)F)n2CCN1C(=O)COCC(=O)N1CCCC1. The molecular formula is C15H20F3N5O3. The number of amides is 2. The van der Waals surface area contributed by atoms with Crippen LogP contribution in [0.15, 0.2) is 0 Å². The molecule has 1 atom stereocenters. The van der Waals surface area contributed by atoms with Gasteiger partial charge in [0.2, 0.25) is 17.6 Å². The zero-order valence-electron chi connectivity index (χ0n) is 14.3. The van der Waals surface area contributed by atoms with E-state index in [9.17, 15) is 22.8 Å². The minimum absolute atomic E-state index is 0.0417. The molecule has 0 aliphatic carbocycles. The first-order chi connectivity index (χ1) is 12.3. The van der Waals surface area contributed by atoms with Crippen molar-refractivity contribution in [3.05, 3.63) is 11.6 Å². The lowest BCUT2D eigenvalue weighted by Gasteiger charge is -2.33. The van der Waals surface area contributed by atoms with Crippen molar-refractivity contribution >= 4 is 11.8 Å². The van der Waals surface area contributed by atoms with Crippen LogP contribution in [-0.2, 0) is 27.0 Å². The van der Waals surface area contributed by atoms with Crippen molar-refractivity contribution in [2.24, 2.45) is 0 Å². The van der Waals surface area contributed by atoms with Crippen LogP contribution in [0.1, 0.15) is 37.5 Å². The maximum atomic E-state index is 12.9. The zero-order chi connectivity index (χ0) is 18.9. The number of alkyl halides is 3. The highest BCUT2D eigenvalue weighted by Gasteiger charge is 2.41. The average molecular weight is 375 g/mol. The summed E-state index contributed by atoms with van der Waals surface area (Å²) in [6.07, 6.45) is -2.65. The molecule has 0 radical (unpaired) electrons. The van der Waals surface area contributed by atoms with E-state index >= 15 is 0 Å². The standard InChI is InChI=1S/C15H20F3N5O3/c1-10-13-19-20-14(15(16,17)18)23(13)7-6-22(10)12(25)9-26-8-11(24)21-4-2-3-5-21/h10H,2-9H2,1H3. The minimum Gasteiger partial charge on any atom is -0.362 e. The van der Waals surface area contributed by atoms with Gasteiger partial charge in [-0.3, -0.25) is 9.59 Å². The predicted octanol–water partition coefficient (Wildman–Crippen LogP) is 0.839. The molecule has 0 spiro atoms. The van der Waals surface area contributed by atoms with Gasteiger partial charge in [-0.1, -0.05) is 0 Å². The van der Waals surface area contributed by atoms with Crippen molar-refractivity contribution < 1.29 is 27.5 Å². The number of aromatic nitrogens is 3. The second-order valence-corrected chi connectivity index (χ2v) is 6.38. The molecule has 3 heterocycles. The average Bonchev–Trinajstić information content (AvgIpc) is 3.24. The van der Waals surface area contributed by atoms with Gasteiger partial charge < -0.3 is 19.1 Å². The molecule has 0 aromatic carbocycles. The van der Waals surface area contributed by atoms with Crippen molar-refractivity contribution in [2.45, 2.75) is 38.5 Å². The largest absolute Gasteiger partial charge is 0.451 e. The highest BCUT2D eigenvalue weighted by atomic mass is 19.4. The molecule has 0 N–H and O–H groups in total. The highest BCUT2D eigenvalue weighted by molar-refractivity contribution is 5.80. The number of likely N-dealkylation sites (tertiary alicyclic amines) is 1. The monoisotopic (exact) mass is 375 g/mol. The Hall–Kier alpha value is -2.17.